The molecule has 0 fully saturated rings. The number of benzene rings is 1. The van der Waals surface area contributed by atoms with Gasteiger partial charge in [0.25, 0.3) is 0 Å². The van der Waals surface area contributed by atoms with E-state index in [1.807, 2.05) is 29.1 Å². The molecule has 2 rings (SSSR count). The Morgan fingerprint density at radius 3 is 2.83 bits per heavy atom. The normalized spacial score (nSPS) is 12.2. The molecular weight excluding hydrogens is 264 g/mol. The van der Waals surface area contributed by atoms with Crippen LogP contribution in [-0.2, 0) is 11.5 Å². The second kappa shape index (κ2) is 5.43. The lowest BCUT2D eigenvalue weighted by atomic mass is 10.3. The zero-order valence-electron chi connectivity index (χ0n) is 11.1. The van der Waals surface area contributed by atoms with Crippen LogP contribution >= 0.6 is 11.6 Å². The second-order valence-electron chi connectivity index (χ2n) is 5.70. The standard InChI is InChI=1S/C13H19ClN2OSi/c1-18(2,3)7-6-17-10-16-13-8-12(14)5-4-11(13)9-15-16/h4-5,8-9H,6-7,10H2,1-3H3. The highest BCUT2D eigenvalue weighted by Crippen LogP contribution is 2.19. The first-order chi connectivity index (χ1) is 8.46. The lowest BCUT2D eigenvalue weighted by Gasteiger charge is -2.15. The Balaban J connectivity index is 1.98. The quantitative estimate of drug-likeness (QED) is 0.612. The van der Waals surface area contributed by atoms with Crippen molar-refractivity contribution in [2.45, 2.75) is 32.4 Å². The van der Waals surface area contributed by atoms with E-state index in [0.29, 0.717) is 6.73 Å². The van der Waals surface area contributed by atoms with E-state index >= 15 is 0 Å². The van der Waals surface area contributed by atoms with Gasteiger partial charge in [0.05, 0.1) is 11.7 Å². The van der Waals surface area contributed by atoms with Crippen LogP contribution < -0.4 is 0 Å². The molecule has 0 amide bonds. The molecule has 0 N–H and O–H groups in total. The van der Waals surface area contributed by atoms with Crippen LogP contribution in [-0.4, -0.2) is 24.5 Å². The molecule has 18 heavy (non-hydrogen) atoms. The maximum Gasteiger partial charge on any atom is 0.139 e. The number of hydrogen-bond donors (Lipinski definition) is 0. The lowest BCUT2D eigenvalue weighted by molar-refractivity contribution is 0.0817. The molecular formula is C13H19ClN2OSi. The van der Waals surface area contributed by atoms with Crippen LogP contribution in [0.2, 0.25) is 30.7 Å². The average molecular weight is 283 g/mol. The first-order valence-corrected chi connectivity index (χ1v) is 10.2. The predicted octanol–water partition coefficient (Wildman–Crippen LogP) is 4.00. The highest BCUT2D eigenvalue weighted by atomic mass is 35.5. The summed E-state index contributed by atoms with van der Waals surface area (Å²) >= 11 is 5.99. The Morgan fingerprint density at radius 2 is 2.11 bits per heavy atom. The minimum atomic E-state index is -1.02. The molecule has 0 saturated heterocycles. The molecule has 0 aliphatic carbocycles. The van der Waals surface area contributed by atoms with E-state index in [1.54, 1.807) is 0 Å². The topological polar surface area (TPSA) is 27.1 Å². The number of ether oxygens (including phenoxy) is 1. The van der Waals surface area contributed by atoms with E-state index in [4.69, 9.17) is 16.3 Å². The summed E-state index contributed by atoms with van der Waals surface area (Å²) in [4.78, 5) is 0. The highest BCUT2D eigenvalue weighted by molar-refractivity contribution is 6.76. The fraction of sp³-hybridized carbons (Fsp3) is 0.462. The van der Waals surface area contributed by atoms with E-state index in [2.05, 4.69) is 24.7 Å². The van der Waals surface area contributed by atoms with E-state index < -0.39 is 8.07 Å². The van der Waals surface area contributed by atoms with Crippen molar-refractivity contribution < 1.29 is 4.74 Å². The summed E-state index contributed by atoms with van der Waals surface area (Å²) < 4.78 is 7.55. The maximum absolute atomic E-state index is 5.99. The summed E-state index contributed by atoms with van der Waals surface area (Å²) in [5.74, 6) is 0. The van der Waals surface area contributed by atoms with Gasteiger partial charge in [0.1, 0.15) is 6.73 Å². The van der Waals surface area contributed by atoms with Crippen LogP contribution in [0.5, 0.6) is 0 Å². The Kier molecular flexibility index (Phi) is 4.09. The van der Waals surface area contributed by atoms with Crippen LogP contribution in [0, 0.1) is 0 Å². The third-order valence-electron chi connectivity index (χ3n) is 2.82. The minimum absolute atomic E-state index is 0.494. The molecule has 1 aromatic carbocycles. The third-order valence-corrected chi connectivity index (χ3v) is 4.76. The molecule has 3 nitrogen and oxygen atoms in total. The monoisotopic (exact) mass is 282 g/mol. The molecule has 0 spiro atoms. The van der Waals surface area contributed by atoms with E-state index in [0.717, 1.165) is 22.5 Å². The van der Waals surface area contributed by atoms with Crippen molar-refractivity contribution in [2.75, 3.05) is 6.61 Å². The lowest BCUT2D eigenvalue weighted by Crippen LogP contribution is -2.22. The van der Waals surface area contributed by atoms with Gasteiger partial charge in [-0.25, -0.2) is 4.68 Å². The molecule has 0 radical (unpaired) electrons. The summed E-state index contributed by atoms with van der Waals surface area (Å²) in [6.07, 6.45) is 1.84. The predicted molar refractivity (Wildman–Crippen MR) is 78.8 cm³/mol. The van der Waals surface area contributed by atoms with E-state index in [-0.39, 0.29) is 0 Å². The molecule has 1 aromatic heterocycles. The number of aromatic nitrogens is 2. The van der Waals surface area contributed by atoms with Gasteiger partial charge in [-0.05, 0) is 24.2 Å². The van der Waals surface area contributed by atoms with E-state index in [9.17, 15) is 0 Å². The number of fused-ring (bicyclic) bond motifs is 1. The van der Waals surface area contributed by atoms with Gasteiger partial charge in [-0.15, -0.1) is 0 Å². The summed E-state index contributed by atoms with van der Waals surface area (Å²) in [6, 6.07) is 6.95. The van der Waals surface area contributed by atoms with Crippen LogP contribution in [0.1, 0.15) is 0 Å². The van der Waals surface area contributed by atoms with Crippen molar-refractivity contribution in [3.63, 3.8) is 0 Å². The summed E-state index contributed by atoms with van der Waals surface area (Å²) in [5, 5.41) is 6.13. The molecule has 0 saturated carbocycles. The molecule has 0 unspecified atom stereocenters. The zero-order valence-corrected chi connectivity index (χ0v) is 12.9. The van der Waals surface area contributed by atoms with Crippen LogP contribution in [0.25, 0.3) is 10.9 Å². The molecule has 2 aromatic rings. The fourth-order valence-electron chi connectivity index (χ4n) is 1.68. The van der Waals surface area contributed by atoms with Crippen molar-refractivity contribution in [1.82, 2.24) is 9.78 Å². The maximum atomic E-state index is 5.99. The van der Waals surface area contributed by atoms with Crippen LogP contribution in [0.15, 0.2) is 24.4 Å². The average Bonchev–Trinajstić information content (AvgIpc) is 2.66. The number of halogens is 1. The van der Waals surface area contributed by atoms with Crippen LogP contribution in [0.3, 0.4) is 0 Å². The van der Waals surface area contributed by atoms with Gasteiger partial charge in [0, 0.05) is 25.1 Å². The molecule has 98 valence electrons. The minimum Gasteiger partial charge on any atom is -0.360 e. The van der Waals surface area contributed by atoms with Crippen molar-refractivity contribution in [1.29, 1.82) is 0 Å². The molecule has 0 aliphatic heterocycles. The Hall–Kier alpha value is -0.843. The van der Waals surface area contributed by atoms with Gasteiger partial charge in [-0.1, -0.05) is 31.2 Å². The van der Waals surface area contributed by atoms with Crippen molar-refractivity contribution in [3.05, 3.63) is 29.4 Å². The SMILES string of the molecule is C[Si](C)(C)CCOCn1ncc2ccc(Cl)cc21. The highest BCUT2D eigenvalue weighted by Gasteiger charge is 2.12. The first-order valence-electron chi connectivity index (χ1n) is 6.14. The third kappa shape index (κ3) is 3.57. The number of nitrogens with zero attached hydrogens (tertiary/aromatic N) is 2. The first kappa shape index (κ1) is 13.6. The summed E-state index contributed by atoms with van der Waals surface area (Å²) in [5.41, 5.74) is 1.02. The number of hydrogen-bond acceptors (Lipinski definition) is 2. The van der Waals surface area contributed by atoms with Crippen molar-refractivity contribution >= 4 is 30.6 Å². The van der Waals surface area contributed by atoms with Gasteiger partial charge in [0.15, 0.2) is 0 Å². The van der Waals surface area contributed by atoms with Gasteiger partial charge in [-0.3, -0.25) is 0 Å². The Morgan fingerprint density at radius 1 is 1.33 bits per heavy atom. The molecule has 0 atom stereocenters. The van der Waals surface area contributed by atoms with Gasteiger partial charge in [-0.2, -0.15) is 5.10 Å². The van der Waals surface area contributed by atoms with Gasteiger partial charge >= 0.3 is 0 Å². The van der Waals surface area contributed by atoms with Gasteiger partial charge in [0.2, 0.25) is 0 Å². The molecule has 5 heteroatoms. The van der Waals surface area contributed by atoms with E-state index in [1.165, 1.54) is 6.04 Å². The fourth-order valence-corrected chi connectivity index (χ4v) is 2.60. The Bertz CT molecular complexity index is 533. The number of rotatable bonds is 5. The van der Waals surface area contributed by atoms with Gasteiger partial charge < -0.3 is 4.74 Å². The smallest absolute Gasteiger partial charge is 0.139 e. The van der Waals surface area contributed by atoms with Crippen molar-refractivity contribution in [3.8, 4) is 0 Å². The largest absolute Gasteiger partial charge is 0.360 e. The molecule has 1 heterocycles. The second-order valence-corrected chi connectivity index (χ2v) is 11.8. The Labute approximate surface area is 114 Å². The van der Waals surface area contributed by atoms with Crippen molar-refractivity contribution in [2.24, 2.45) is 0 Å². The summed E-state index contributed by atoms with van der Waals surface area (Å²) in [7, 11) is -1.02. The molecule has 0 aliphatic rings. The molecule has 0 bridgehead atoms. The van der Waals surface area contributed by atoms with Crippen LogP contribution in [0.4, 0.5) is 0 Å². The summed E-state index contributed by atoms with van der Waals surface area (Å²) in [6.45, 7) is 8.34. The zero-order chi connectivity index (χ0) is 13.2.